The molecule has 0 bridgehead atoms. The van der Waals surface area contributed by atoms with Gasteiger partial charge in [-0.1, -0.05) is 19.8 Å². The number of rotatable bonds is 4. The molecule has 1 aromatic rings. The fourth-order valence-corrected chi connectivity index (χ4v) is 2.61. The van der Waals surface area contributed by atoms with E-state index in [0.717, 1.165) is 24.8 Å². The van der Waals surface area contributed by atoms with Crippen LogP contribution in [0.15, 0.2) is 12.3 Å². The number of nitrogens with zero attached hydrogens (tertiary/aromatic N) is 3. The van der Waals surface area contributed by atoms with Gasteiger partial charge < -0.3 is 10.6 Å². The van der Waals surface area contributed by atoms with E-state index >= 15 is 0 Å². The molecule has 0 atom stereocenters. The lowest BCUT2D eigenvalue weighted by atomic mass is 9.92. The normalized spacial score (nSPS) is 16.8. The van der Waals surface area contributed by atoms with E-state index in [2.05, 4.69) is 22.0 Å². The van der Waals surface area contributed by atoms with E-state index in [4.69, 9.17) is 11.1 Å². The summed E-state index contributed by atoms with van der Waals surface area (Å²) in [5.41, 5.74) is 6.28. The van der Waals surface area contributed by atoms with Crippen molar-refractivity contribution >= 4 is 11.7 Å². The maximum atomic E-state index is 7.58. The van der Waals surface area contributed by atoms with E-state index in [1.54, 1.807) is 12.3 Å². The predicted molar refractivity (Wildman–Crippen MR) is 72.9 cm³/mol. The van der Waals surface area contributed by atoms with Crippen LogP contribution in [0.5, 0.6) is 0 Å². The van der Waals surface area contributed by atoms with Gasteiger partial charge in [-0.25, -0.2) is 0 Å². The molecule has 3 N–H and O–H groups in total. The fourth-order valence-electron chi connectivity index (χ4n) is 2.61. The molecule has 0 amide bonds. The first-order valence-electron chi connectivity index (χ1n) is 6.63. The molecule has 0 spiro atoms. The molecule has 1 aromatic heterocycles. The number of aromatic nitrogens is 2. The first kappa shape index (κ1) is 12.8. The molecule has 0 aromatic carbocycles. The van der Waals surface area contributed by atoms with Crippen LogP contribution >= 0.6 is 0 Å². The minimum Gasteiger partial charge on any atom is -0.384 e. The van der Waals surface area contributed by atoms with Crippen LogP contribution in [0.4, 0.5) is 5.82 Å². The van der Waals surface area contributed by atoms with Crippen molar-refractivity contribution in [3.8, 4) is 0 Å². The third-order valence-corrected chi connectivity index (χ3v) is 3.60. The second kappa shape index (κ2) is 5.80. The smallest absolute Gasteiger partial charge is 0.162 e. The summed E-state index contributed by atoms with van der Waals surface area (Å²) in [7, 11) is 0. The Bertz CT molecular complexity index is 410. The van der Waals surface area contributed by atoms with Gasteiger partial charge in [0, 0.05) is 13.1 Å². The Morgan fingerprint density at radius 3 is 2.83 bits per heavy atom. The first-order valence-corrected chi connectivity index (χ1v) is 6.63. The Kier molecular flexibility index (Phi) is 4.12. The maximum absolute atomic E-state index is 7.58. The number of nitrogens with one attached hydrogen (secondary N) is 1. The van der Waals surface area contributed by atoms with E-state index < -0.39 is 0 Å². The monoisotopic (exact) mass is 247 g/mol. The molecule has 5 heteroatoms. The molecule has 1 aliphatic heterocycles. The highest BCUT2D eigenvalue weighted by Crippen LogP contribution is 2.26. The van der Waals surface area contributed by atoms with Crippen LogP contribution < -0.4 is 10.6 Å². The van der Waals surface area contributed by atoms with Crippen LogP contribution in [-0.2, 0) is 0 Å². The molecule has 0 unspecified atom stereocenters. The van der Waals surface area contributed by atoms with Crippen molar-refractivity contribution in [2.75, 3.05) is 18.0 Å². The summed E-state index contributed by atoms with van der Waals surface area (Å²) < 4.78 is 0. The van der Waals surface area contributed by atoms with E-state index in [9.17, 15) is 0 Å². The summed E-state index contributed by atoms with van der Waals surface area (Å²) in [6, 6.07) is 1.77. The number of nitrogens with two attached hydrogens (primary N) is 1. The van der Waals surface area contributed by atoms with Crippen LogP contribution in [0.1, 0.15) is 38.2 Å². The standard InChI is InChI=1S/C13H21N5/c1-2-3-10-5-8-18(9-6-10)13-11(12(14)15)4-7-16-17-13/h4,7,10H,2-3,5-6,8-9H2,1H3,(H3,14,15). The van der Waals surface area contributed by atoms with E-state index in [1.165, 1.54) is 25.7 Å². The fraction of sp³-hybridized carbons (Fsp3) is 0.615. The van der Waals surface area contributed by atoms with Crippen LogP contribution in [-0.4, -0.2) is 29.1 Å². The van der Waals surface area contributed by atoms with Crippen molar-refractivity contribution in [2.24, 2.45) is 11.7 Å². The first-order chi connectivity index (χ1) is 8.72. The Morgan fingerprint density at radius 1 is 1.50 bits per heavy atom. The number of piperidine rings is 1. The second-order valence-corrected chi connectivity index (χ2v) is 4.90. The third kappa shape index (κ3) is 2.78. The highest BCUT2D eigenvalue weighted by Gasteiger charge is 2.22. The Hall–Kier alpha value is -1.65. The molecule has 5 nitrogen and oxygen atoms in total. The van der Waals surface area contributed by atoms with Crippen molar-refractivity contribution in [2.45, 2.75) is 32.6 Å². The van der Waals surface area contributed by atoms with Gasteiger partial charge in [0.1, 0.15) is 5.84 Å². The average Bonchev–Trinajstić information content (AvgIpc) is 2.40. The highest BCUT2D eigenvalue weighted by atomic mass is 15.3. The average molecular weight is 247 g/mol. The Morgan fingerprint density at radius 2 is 2.22 bits per heavy atom. The molecule has 0 radical (unpaired) electrons. The topological polar surface area (TPSA) is 78.9 Å². The predicted octanol–water partition coefficient (Wildman–Crippen LogP) is 1.78. The highest BCUT2D eigenvalue weighted by molar-refractivity contribution is 5.99. The number of anilines is 1. The van der Waals surface area contributed by atoms with Crippen molar-refractivity contribution in [3.05, 3.63) is 17.8 Å². The maximum Gasteiger partial charge on any atom is 0.162 e. The third-order valence-electron chi connectivity index (χ3n) is 3.60. The number of hydrogen-bond donors (Lipinski definition) is 2. The molecule has 1 fully saturated rings. The van der Waals surface area contributed by atoms with E-state index in [0.29, 0.717) is 5.56 Å². The van der Waals surface area contributed by atoms with Gasteiger partial charge in [0.05, 0.1) is 11.8 Å². The minimum atomic E-state index is 0.0654. The SMILES string of the molecule is CCCC1CCN(c2nnccc2C(=N)N)CC1. The van der Waals surface area contributed by atoms with Gasteiger partial charge in [0.25, 0.3) is 0 Å². The number of amidine groups is 1. The van der Waals surface area contributed by atoms with Crippen LogP contribution in [0.25, 0.3) is 0 Å². The van der Waals surface area contributed by atoms with Crippen LogP contribution in [0.2, 0.25) is 0 Å². The number of nitrogen functional groups attached to an aromatic ring is 1. The molecular formula is C13H21N5. The summed E-state index contributed by atoms with van der Waals surface area (Å²) in [6.07, 6.45) is 6.55. The van der Waals surface area contributed by atoms with E-state index in [1.807, 2.05) is 0 Å². The van der Waals surface area contributed by atoms with Crippen molar-refractivity contribution in [1.82, 2.24) is 10.2 Å². The lowest BCUT2D eigenvalue weighted by molar-refractivity contribution is 0.377. The Labute approximate surface area is 108 Å². The molecule has 1 saturated heterocycles. The molecule has 98 valence electrons. The van der Waals surface area contributed by atoms with E-state index in [-0.39, 0.29) is 5.84 Å². The van der Waals surface area contributed by atoms with Gasteiger partial charge in [-0.2, -0.15) is 5.10 Å². The van der Waals surface area contributed by atoms with Crippen molar-refractivity contribution < 1.29 is 0 Å². The van der Waals surface area contributed by atoms with Gasteiger partial charge in [-0.05, 0) is 24.8 Å². The molecule has 1 aliphatic rings. The summed E-state index contributed by atoms with van der Waals surface area (Å²) in [6.45, 7) is 4.22. The lowest BCUT2D eigenvalue weighted by Gasteiger charge is -2.33. The molecule has 2 heterocycles. The van der Waals surface area contributed by atoms with Gasteiger partial charge in [0.2, 0.25) is 0 Å². The summed E-state index contributed by atoms with van der Waals surface area (Å²) >= 11 is 0. The second-order valence-electron chi connectivity index (χ2n) is 4.90. The molecule has 2 rings (SSSR count). The van der Waals surface area contributed by atoms with Gasteiger partial charge in [-0.15, -0.1) is 5.10 Å². The van der Waals surface area contributed by atoms with Gasteiger partial charge in [-0.3, -0.25) is 5.41 Å². The van der Waals surface area contributed by atoms with Crippen LogP contribution in [0, 0.1) is 11.3 Å². The van der Waals surface area contributed by atoms with Gasteiger partial charge >= 0.3 is 0 Å². The van der Waals surface area contributed by atoms with Crippen LogP contribution in [0.3, 0.4) is 0 Å². The molecule has 18 heavy (non-hydrogen) atoms. The summed E-state index contributed by atoms with van der Waals surface area (Å²) in [5.74, 6) is 1.67. The zero-order valence-electron chi connectivity index (χ0n) is 10.9. The molecule has 0 aliphatic carbocycles. The zero-order valence-corrected chi connectivity index (χ0v) is 10.9. The van der Waals surface area contributed by atoms with Crippen molar-refractivity contribution in [3.63, 3.8) is 0 Å². The summed E-state index contributed by atoms with van der Waals surface area (Å²) in [5, 5.41) is 15.6. The number of hydrogen-bond acceptors (Lipinski definition) is 4. The largest absolute Gasteiger partial charge is 0.384 e. The van der Waals surface area contributed by atoms with Crippen molar-refractivity contribution in [1.29, 1.82) is 5.41 Å². The Balaban J connectivity index is 2.07. The lowest BCUT2D eigenvalue weighted by Crippen LogP contribution is -2.36. The summed E-state index contributed by atoms with van der Waals surface area (Å²) in [4.78, 5) is 2.20. The zero-order chi connectivity index (χ0) is 13.0. The minimum absolute atomic E-state index is 0.0654. The molecular weight excluding hydrogens is 226 g/mol. The molecule has 0 saturated carbocycles. The van der Waals surface area contributed by atoms with Gasteiger partial charge in [0.15, 0.2) is 5.82 Å². The quantitative estimate of drug-likeness (QED) is 0.628.